The van der Waals surface area contributed by atoms with Crippen LogP contribution in [0.5, 0.6) is 0 Å². The number of halogens is 2. The fraction of sp³-hybridized carbons (Fsp3) is 0.200. The van der Waals surface area contributed by atoms with Crippen molar-refractivity contribution in [1.82, 2.24) is 9.88 Å². The van der Waals surface area contributed by atoms with Crippen LogP contribution < -0.4 is 11.1 Å². The minimum absolute atomic E-state index is 0.394. The first kappa shape index (κ1) is 19.2. The summed E-state index contributed by atoms with van der Waals surface area (Å²) in [5.41, 5.74) is 7.73. The summed E-state index contributed by atoms with van der Waals surface area (Å²) in [6, 6.07) is 12.8. The molecule has 144 valence electrons. The van der Waals surface area contributed by atoms with Gasteiger partial charge in [-0.25, -0.2) is 4.98 Å². The fourth-order valence-corrected chi connectivity index (χ4v) is 4.56. The van der Waals surface area contributed by atoms with Crippen LogP contribution in [0.3, 0.4) is 0 Å². The molecule has 4 rings (SSSR count). The van der Waals surface area contributed by atoms with Crippen molar-refractivity contribution in [3.63, 3.8) is 0 Å². The zero-order valence-electron chi connectivity index (χ0n) is 14.9. The van der Waals surface area contributed by atoms with E-state index in [-0.39, 0.29) is 0 Å². The number of primary amides is 1. The summed E-state index contributed by atoms with van der Waals surface area (Å²) in [4.78, 5) is 19.8. The molecule has 1 aliphatic heterocycles. The van der Waals surface area contributed by atoms with E-state index in [1.165, 1.54) is 17.8 Å². The van der Waals surface area contributed by atoms with E-state index in [0.717, 1.165) is 35.8 Å². The van der Waals surface area contributed by atoms with Crippen molar-refractivity contribution in [3.05, 3.63) is 63.8 Å². The lowest BCUT2D eigenvalue weighted by atomic mass is 10.1. The molecule has 0 atom stereocenters. The van der Waals surface area contributed by atoms with Crippen LogP contribution in [0, 0.1) is 0 Å². The lowest BCUT2D eigenvalue weighted by molar-refractivity contribution is 0.100. The van der Waals surface area contributed by atoms with E-state index < -0.39 is 5.91 Å². The lowest BCUT2D eigenvalue weighted by Gasteiger charge is -2.30. The second-order valence-corrected chi connectivity index (χ2v) is 8.51. The van der Waals surface area contributed by atoms with Crippen LogP contribution in [0.15, 0.2) is 42.5 Å². The highest BCUT2D eigenvalue weighted by atomic mass is 35.5. The van der Waals surface area contributed by atoms with Crippen molar-refractivity contribution in [2.24, 2.45) is 5.73 Å². The molecule has 1 amide bonds. The summed E-state index contributed by atoms with van der Waals surface area (Å²) in [5, 5.41) is 5.00. The molecule has 1 aliphatic rings. The van der Waals surface area contributed by atoms with Crippen LogP contribution in [0.2, 0.25) is 10.0 Å². The van der Waals surface area contributed by atoms with Gasteiger partial charge in [-0.15, -0.1) is 11.3 Å². The summed E-state index contributed by atoms with van der Waals surface area (Å²) in [7, 11) is 0. The molecule has 0 spiro atoms. The number of pyridine rings is 1. The number of thiophene rings is 1. The molecular formula is C20H18Cl2N4OS. The number of hydrogen-bond acceptors (Lipinski definition) is 5. The number of nitrogens with zero attached hydrogens (tertiary/aromatic N) is 2. The third kappa shape index (κ3) is 4.15. The largest absolute Gasteiger partial charge is 0.366 e. The molecule has 1 aromatic carbocycles. The van der Waals surface area contributed by atoms with Gasteiger partial charge in [0.25, 0.3) is 5.91 Å². The molecule has 8 heteroatoms. The number of nitrogens with one attached hydrogen (secondary N) is 1. The fourth-order valence-electron chi connectivity index (χ4n) is 3.01. The van der Waals surface area contributed by atoms with Crippen molar-refractivity contribution in [2.75, 3.05) is 18.4 Å². The number of hydrogen-bond donors (Lipinski definition) is 2. The van der Waals surface area contributed by atoms with Crippen LogP contribution in [-0.2, 0) is 6.54 Å². The van der Waals surface area contributed by atoms with Gasteiger partial charge in [-0.2, -0.15) is 0 Å². The first-order valence-corrected chi connectivity index (χ1v) is 10.4. The van der Waals surface area contributed by atoms with Gasteiger partial charge in [-0.1, -0.05) is 29.3 Å². The Labute approximate surface area is 177 Å². The zero-order chi connectivity index (χ0) is 19.7. The molecule has 0 aliphatic carbocycles. The maximum atomic E-state index is 12.0. The summed E-state index contributed by atoms with van der Waals surface area (Å²) < 4.78 is 0. The normalized spacial score (nSPS) is 13.9. The summed E-state index contributed by atoms with van der Waals surface area (Å²) >= 11 is 13.8. The highest BCUT2D eigenvalue weighted by Gasteiger charge is 2.18. The molecule has 0 unspecified atom stereocenters. The van der Waals surface area contributed by atoms with Crippen LogP contribution in [0.1, 0.15) is 22.5 Å². The van der Waals surface area contributed by atoms with Crippen LogP contribution in [-0.4, -0.2) is 28.9 Å². The van der Waals surface area contributed by atoms with E-state index in [2.05, 4.69) is 15.2 Å². The van der Waals surface area contributed by atoms with E-state index >= 15 is 0 Å². The molecule has 2 aromatic heterocycles. The summed E-state index contributed by atoms with van der Waals surface area (Å²) in [5.74, 6) is 0.158. The average Bonchev–Trinajstić information content (AvgIpc) is 3.04. The number of anilines is 2. The van der Waals surface area contributed by atoms with E-state index in [0.29, 0.717) is 26.4 Å². The number of carbonyl (C=O) groups excluding carboxylic acids is 1. The minimum atomic E-state index is -0.514. The van der Waals surface area contributed by atoms with Gasteiger partial charge < -0.3 is 11.1 Å². The van der Waals surface area contributed by atoms with E-state index in [1.54, 1.807) is 24.3 Å². The molecule has 1 fully saturated rings. The molecule has 1 saturated heterocycles. The SMILES string of the molecule is NC(=O)c1cc(-c2cc(Cl)ccc2Cl)sc1Nc1cccc(CN2CCC2)n1. The third-order valence-corrected chi connectivity index (χ3v) is 6.22. The summed E-state index contributed by atoms with van der Waals surface area (Å²) in [6.45, 7) is 3.05. The van der Waals surface area contributed by atoms with Crippen LogP contribution in [0.25, 0.3) is 10.4 Å². The third-order valence-electron chi connectivity index (χ3n) is 4.57. The van der Waals surface area contributed by atoms with Crippen molar-refractivity contribution in [2.45, 2.75) is 13.0 Å². The minimum Gasteiger partial charge on any atom is -0.366 e. The number of benzene rings is 1. The average molecular weight is 433 g/mol. The Hall–Kier alpha value is -2.12. The highest BCUT2D eigenvalue weighted by molar-refractivity contribution is 7.20. The van der Waals surface area contributed by atoms with Crippen molar-refractivity contribution < 1.29 is 4.79 Å². The maximum absolute atomic E-state index is 12.0. The van der Waals surface area contributed by atoms with Gasteiger partial charge in [-0.05, 0) is 55.9 Å². The standard InChI is InChI=1S/C20H18Cl2N4OS/c21-12-5-6-16(22)14(9-12)17-10-15(19(23)27)20(28-17)25-18-4-1-3-13(24-18)11-26-7-2-8-26/h1,3-6,9-10H,2,7-8,11H2,(H2,23,27)(H,24,25). The number of nitrogens with two attached hydrogens (primary N) is 1. The Morgan fingerprint density at radius 2 is 2.04 bits per heavy atom. The Morgan fingerprint density at radius 3 is 2.75 bits per heavy atom. The quantitative estimate of drug-likeness (QED) is 0.563. The smallest absolute Gasteiger partial charge is 0.251 e. The van der Waals surface area contributed by atoms with Gasteiger partial charge >= 0.3 is 0 Å². The number of aromatic nitrogens is 1. The van der Waals surface area contributed by atoms with Gasteiger partial charge in [0, 0.05) is 27.0 Å². The maximum Gasteiger partial charge on any atom is 0.251 e. The second-order valence-electron chi connectivity index (χ2n) is 6.61. The van der Waals surface area contributed by atoms with Gasteiger partial charge in [0.15, 0.2) is 0 Å². The lowest BCUT2D eigenvalue weighted by Crippen LogP contribution is -2.36. The molecule has 3 N–H and O–H groups in total. The predicted molar refractivity (Wildman–Crippen MR) is 116 cm³/mol. The molecule has 3 heterocycles. The molecule has 0 bridgehead atoms. The van der Waals surface area contributed by atoms with Crippen molar-refractivity contribution >= 4 is 51.3 Å². The molecular weight excluding hydrogens is 415 g/mol. The molecule has 28 heavy (non-hydrogen) atoms. The Balaban J connectivity index is 1.64. The first-order chi connectivity index (χ1) is 13.5. The Kier molecular flexibility index (Phi) is 5.55. The van der Waals surface area contributed by atoms with E-state index in [4.69, 9.17) is 28.9 Å². The zero-order valence-corrected chi connectivity index (χ0v) is 17.2. The van der Waals surface area contributed by atoms with Gasteiger partial charge in [0.05, 0.1) is 11.3 Å². The summed E-state index contributed by atoms with van der Waals surface area (Å²) in [6.07, 6.45) is 1.24. The molecule has 0 radical (unpaired) electrons. The first-order valence-electron chi connectivity index (χ1n) is 8.84. The van der Waals surface area contributed by atoms with Crippen molar-refractivity contribution in [3.8, 4) is 10.4 Å². The van der Waals surface area contributed by atoms with Crippen LogP contribution >= 0.6 is 34.5 Å². The number of rotatable bonds is 6. The molecule has 5 nitrogen and oxygen atoms in total. The number of likely N-dealkylation sites (tertiary alicyclic amines) is 1. The number of amides is 1. The van der Waals surface area contributed by atoms with E-state index in [9.17, 15) is 4.79 Å². The second kappa shape index (κ2) is 8.09. The van der Waals surface area contributed by atoms with Gasteiger partial charge in [0.2, 0.25) is 0 Å². The van der Waals surface area contributed by atoms with Crippen molar-refractivity contribution in [1.29, 1.82) is 0 Å². The topological polar surface area (TPSA) is 71.2 Å². The molecule has 0 saturated carbocycles. The van der Waals surface area contributed by atoms with E-state index in [1.807, 2.05) is 18.2 Å². The van der Waals surface area contributed by atoms with Crippen LogP contribution in [0.4, 0.5) is 10.8 Å². The van der Waals surface area contributed by atoms with Gasteiger partial charge in [-0.3, -0.25) is 9.69 Å². The van der Waals surface area contributed by atoms with Gasteiger partial charge in [0.1, 0.15) is 10.8 Å². The Bertz CT molecular complexity index is 1030. The highest BCUT2D eigenvalue weighted by Crippen LogP contribution is 2.40. The monoisotopic (exact) mass is 432 g/mol. The number of carbonyl (C=O) groups is 1. The predicted octanol–water partition coefficient (Wildman–Crippen LogP) is 5.17. The molecule has 3 aromatic rings. The Morgan fingerprint density at radius 1 is 1.21 bits per heavy atom.